The highest BCUT2D eigenvalue weighted by molar-refractivity contribution is 6.30. The molecule has 1 fully saturated rings. The molecule has 0 radical (unpaired) electrons. The molecule has 0 aliphatic carbocycles. The van der Waals surface area contributed by atoms with E-state index in [9.17, 15) is 4.79 Å². The van der Waals surface area contributed by atoms with E-state index in [0.717, 1.165) is 11.3 Å². The third kappa shape index (κ3) is 4.26. The molecule has 6 nitrogen and oxygen atoms in total. The summed E-state index contributed by atoms with van der Waals surface area (Å²) in [5.41, 5.74) is 1.71. The fourth-order valence-electron chi connectivity index (χ4n) is 2.74. The Bertz CT molecular complexity index is 703. The van der Waals surface area contributed by atoms with Crippen molar-refractivity contribution in [2.24, 2.45) is 0 Å². The fourth-order valence-corrected chi connectivity index (χ4v) is 2.93. The van der Waals surface area contributed by atoms with Crippen molar-refractivity contribution in [3.8, 4) is 11.3 Å². The van der Waals surface area contributed by atoms with Gasteiger partial charge in [-0.3, -0.25) is 4.79 Å². The summed E-state index contributed by atoms with van der Waals surface area (Å²) in [7, 11) is 0. The maximum atomic E-state index is 12.1. The zero-order valence-corrected chi connectivity index (χ0v) is 15.1. The smallest absolute Gasteiger partial charge is 0.237 e. The van der Waals surface area contributed by atoms with Gasteiger partial charge in [0.1, 0.15) is 5.69 Å². The van der Waals surface area contributed by atoms with Crippen LogP contribution in [-0.2, 0) is 4.79 Å². The molecule has 130 valence electrons. The van der Waals surface area contributed by atoms with E-state index in [2.05, 4.69) is 20.9 Å². The maximum absolute atomic E-state index is 12.1. The van der Waals surface area contributed by atoms with E-state index in [1.165, 1.54) is 0 Å². The lowest BCUT2D eigenvalue weighted by atomic mass is 10.1. The van der Waals surface area contributed by atoms with E-state index in [0.29, 0.717) is 18.0 Å². The second-order valence-electron chi connectivity index (χ2n) is 6.11. The molecule has 0 spiro atoms. The molecule has 1 amide bonds. The van der Waals surface area contributed by atoms with Gasteiger partial charge in [-0.25, -0.2) is 4.68 Å². The number of hydrogen-bond acceptors (Lipinski definition) is 4. The first-order valence-electron chi connectivity index (χ1n) is 7.74. The molecule has 1 aliphatic heterocycles. The molecule has 8 heteroatoms. The number of aromatic nitrogens is 3. The van der Waals surface area contributed by atoms with Crippen LogP contribution in [0.15, 0.2) is 30.5 Å². The second-order valence-corrected chi connectivity index (χ2v) is 6.54. The van der Waals surface area contributed by atoms with Crippen LogP contribution in [0.3, 0.4) is 0 Å². The first-order chi connectivity index (χ1) is 11.0. The summed E-state index contributed by atoms with van der Waals surface area (Å²) in [5, 5.41) is 15.3. The summed E-state index contributed by atoms with van der Waals surface area (Å²) in [5.74, 6) is 0.0395. The van der Waals surface area contributed by atoms with Crippen molar-refractivity contribution >= 4 is 29.9 Å². The van der Waals surface area contributed by atoms with Gasteiger partial charge in [0.15, 0.2) is 0 Å². The lowest BCUT2D eigenvalue weighted by molar-refractivity contribution is -0.123. The van der Waals surface area contributed by atoms with Crippen LogP contribution in [0.2, 0.25) is 5.02 Å². The molecule has 2 atom stereocenters. The van der Waals surface area contributed by atoms with Gasteiger partial charge in [-0.2, -0.15) is 0 Å². The summed E-state index contributed by atoms with van der Waals surface area (Å²) in [6.45, 7) is 4.62. The molecule has 1 aliphatic rings. The highest BCUT2D eigenvalue weighted by atomic mass is 35.5. The van der Waals surface area contributed by atoms with Gasteiger partial charge in [0.2, 0.25) is 5.91 Å². The van der Waals surface area contributed by atoms with Crippen molar-refractivity contribution in [1.82, 2.24) is 25.6 Å². The molecular formula is C16H21Cl2N5O. The molecule has 1 aromatic carbocycles. The number of benzene rings is 1. The van der Waals surface area contributed by atoms with Gasteiger partial charge in [0.05, 0.1) is 18.3 Å². The molecule has 2 heterocycles. The molecule has 0 bridgehead atoms. The predicted octanol–water partition coefficient (Wildman–Crippen LogP) is 2.45. The molecule has 3 rings (SSSR count). The van der Waals surface area contributed by atoms with E-state index in [1.807, 2.05) is 49.0 Å². The van der Waals surface area contributed by atoms with Crippen molar-refractivity contribution < 1.29 is 4.79 Å². The average Bonchev–Trinajstić information content (AvgIpc) is 3.16. The van der Waals surface area contributed by atoms with Crippen LogP contribution in [0, 0.1) is 0 Å². The van der Waals surface area contributed by atoms with E-state index in [1.54, 1.807) is 0 Å². The van der Waals surface area contributed by atoms with Gasteiger partial charge in [0.25, 0.3) is 0 Å². The van der Waals surface area contributed by atoms with Crippen LogP contribution >= 0.6 is 24.0 Å². The zero-order chi connectivity index (χ0) is 16.4. The summed E-state index contributed by atoms with van der Waals surface area (Å²) in [4.78, 5) is 12.1. The summed E-state index contributed by atoms with van der Waals surface area (Å²) in [6, 6.07) is 7.62. The lowest BCUT2D eigenvalue weighted by Gasteiger charge is -2.13. The molecule has 24 heavy (non-hydrogen) atoms. The Kier molecular flexibility index (Phi) is 6.21. The van der Waals surface area contributed by atoms with Gasteiger partial charge in [-0.15, -0.1) is 17.5 Å². The van der Waals surface area contributed by atoms with E-state index < -0.39 is 0 Å². The SMILES string of the molecule is CC(C)NC(=O)[C@@H]1C[C@@H](n2cc(-c3cccc(Cl)c3)nn2)CN1.Cl. The van der Waals surface area contributed by atoms with Crippen LogP contribution < -0.4 is 10.6 Å². The van der Waals surface area contributed by atoms with E-state index in [4.69, 9.17) is 11.6 Å². The van der Waals surface area contributed by atoms with E-state index in [-0.39, 0.29) is 36.4 Å². The number of rotatable bonds is 4. The molecule has 2 N–H and O–H groups in total. The van der Waals surface area contributed by atoms with Crippen molar-refractivity contribution in [1.29, 1.82) is 0 Å². The van der Waals surface area contributed by atoms with Crippen molar-refractivity contribution in [2.45, 2.75) is 38.4 Å². The third-order valence-electron chi connectivity index (χ3n) is 3.86. The van der Waals surface area contributed by atoms with Crippen LogP contribution in [0.1, 0.15) is 26.3 Å². The Morgan fingerprint density at radius 3 is 2.96 bits per heavy atom. The Balaban J connectivity index is 0.00000208. The van der Waals surface area contributed by atoms with Gasteiger partial charge >= 0.3 is 0 Å². The average molecular weight is 370 g/mol. The van der Waals surface area contributed by atoms with E-state index >= 15 is 0 Å². The summed E-state index contributed by atoms with van der Waals surface area (Å²) in [6.07, 6.45) is 2.61. The van der Waals surface area contributed by atoms with Crippen molar-refractivity contribution in [2.75, 3.05) is 6.54 Å². The molecular weight excluding hydrogens is 349 g/mol. The maximum Gasteiger partial charge on any atom is 0.237 e. The second kappa shape index (κ2) is 7.96. The van der Waals surface area contributed by atoms with Crippen molar-refractivity contribution in [3.63, 3.8) is 0 Å². The van der Waals surface area contributed by atoms with Crippen LogP contribution in [0.25, 0.3) is 11.3 Å². The fraction of sp³-hybridized carbons (Fsp3) is 0.438. The first kappa shape index (κ1) is 18.7. The predicted molar refractivity (Wildman–Crippen MR) is 96.4 cm³/mol. The molecule has 0 saturated carbocycles. The standard InChI is InChI=1S/C16H20ClN5O.ClH/c1-10(2)19-16(23)14-7-13(8-18-14)22-9-15(20-21-22)11-4-3-5-12(17)6-11;/h3-6,9-10,13-14,18H,7-8H2,1-2H3,(H,19,23);1H/t13-,14+;/m1./s1. The highest BCUT2D eigenvalue weighted by Gasteiger charge is 2.31. The van der Waals surface area contributed by atoms with Crippen molar-refractivity contribution in [3.05, 3.63) is 35.5 Å². The third-order valence-corrected chi connectivity index (χ3v) is 4.09. The lowest BCUT2D eigenvalue weighted by Crippen LogP contribution is -2.43. The highest BCUT2D eigenvalue weighted by Crippen LogP contribution is 2.24. The Labute approximate surface area is 152 Å². The number of amides is 1. The summed E-state index contributed by atoms with van der Waals surface area (Å²) < 4.78 is 1.83. The Morgan fingerprint density at radius 2 is 2.25 bits per heavy atom. The van der Waals surface area contributed by atoms with Gasteiger partial charge in [-0.1, -0.05) is 28.9 Å². The normalized spacial score (nSPS) is 20.0. The molecule has 2 aromatic rings. The van der Waals surface area contributed by atoms with Gasteiger partial charge in [-0.05, 0) is 32.4 Å². The molecule has 0 unspecified atom stereocenters. The number of nitrogens with zero attached hydrogens (tertiary/aromatic N) is 3. The van der Waals surface area contributed by atoms with Crippen LogP contribution in [0.4, 0.5) is 0 Å². The number of hydrogen-bond donors (Lipinski definition) is 2. The number of halogens is 2. The quantitative estimate of drug-likeness (QED) is 0.867. The number of nitrogens with one attached hydrogen (secondary N) is 2. The molecule has 1 saturated heterocycles. The molecule has 1 aromatic heterocycles. The van der Waals surface area contributed by atoms with Crippen LogP contribution in [0.5, 0.6) is 0 Å². The largest absolute Gasteiger partial charge is 0.353 e. The first-order valence-corrected chi connectivity index (χ1v) is 8.12. The minimum Gasteiger partial charge on any atom is -0.353 e. The zero-order valence-electron chi connectivity index (χ0n) is 13.6. The minimum absolute atomic E-state index is 0. The minimum atomic E-state index is -0.179. The monoisotopic (exact) mass is 369 g/mol. The van der Waals surface area contributed by atoms with Gasteiger partial charge < -0.3 is 10.6 Å². The number of carbonyl (C=O) groups excluding carboxylic acids is 1. The Morgan fingerprint density at radius 1 is 1.46 bits per heavy atom. The van der Waals surface area contributed by atoms with Gasteiger partial charge in [0, 0.05) is 23.2 Å². The van der Waals surface area contributed by atoms with Crippen LogP contribution in [-0.4, -0.2) is 39.5 Å². The Hall–Kier alpha value is -1.63. The topological polar surface area (TPSA) is 71.8 Å². The number of carbonyl (C=O) groups is 1. The summed E-state index contributed by atoms with van der Waals surface area (Å²) >= 11 is 6.01.